The molecular formula is C18H22O11. The van der Waals surface area contributed by atoms with Gasteiger partial charge in [0.2, 0.25) is 12.0 Å². The van der Waals surface area contributed by atoms with Gasteiger partial charge in [-0.2, -0.15) is 0 Å². The van der Waals surface area contributed by atoms with Crippen molar-refractivity contribution in [3.63, 3.8) is 0 Å². The third kappa shape index (κ3) is 4.37. The van der Waals surface area contributed by atoms with Crippen LogP contribution in [0.2, 0.25) is 0 Å². The van der Waals surface area contributed by atoms with E-state index in [1.165, 1.54) is 19.2 Å². The topological polar surface area (TPSA) is 172 Å². The molecule has 0 aromatic heterocycles. The van der Waals surface area contributed by atoms with Gasteiger partial charge >= 0.3 is 11.9 Å². The van der Waals surface area contributed by atoms with Crippen LogP contribution in [-0.2, 0) is 25.5 Å². The number of carbonyl (C=O) groups excluding carboxylic acids is 1. The largest absolute Gasteiger partial charge is 0.504 e. The molecule has 2 heterocycles. The first kappa shape index (κ1) is 21.1. The van der Waals surface area contributed by atoms with Gasteiger partial charge in [0.05, 0.1) is 7.11 Å². The standard InChI is InChI=1S/C18H22O11/c1-26-10-6-7(4-8-2-3-11(20)27-8)5-9(19)15(10)28-18-14(23)12(21)13(22)16(29-18)17(24)25/h5-6,8,12-14,16,18-19,21-23H,2-4H2,1H3,(H,24,25)/t8?,12-,13-,14+,16-,18+/m1/s1. The van der Waals surface area contributed by atoms with Crippen LogP contribution in [0, 0.1) is 0 Å². The molecule has 0 aliphatic carbocycles. The number of aliphatic hydroxyl groups excluding tert-OH is 3. The number of aromatic hydroxyl groups is 1. The summed E-state index contributed by atoms with van der Waals surface area (Å²) in [6.45, 7) is 0. The van der Waals surface area contributed by atoms with Gasteiger partial charge < -0.3 is 44.5 Å². The molecule has 0 bridgehead atoms. The molecule has 0 saturated carbocycles. The minimum absolute atomic E-state index is 0.0487. The summed E-state index contributed by atoms with van der Waals surface area (Å²) in [4.78, 5) is 22.4. The predicted octanol–water partition coefficient (Wildman–Crippen LogP) is -1.08. The van der Waals surface area contributed by atoms with Gasteiger partial charge in [-0.05, 0) is 24.1 Å². The Bertz CT molecular complexity index is 779. The Labute approximate surface area is 165 Å². The molecule has 2 fully saturated rings. The zero-order valence-electron chi connectivity index (χ0n) is 15.4. The number of hydrogen-bond donors (Lipinski definition) is 5. The van der Waals surface area contributed by atoms with Crippen molar-refractivity contribution in [2.24, 2.45) is 0 Å². The number of esters is 1. The van der Waals surface area contributed by atoms with E-state index in [1.807, 2.05) is 0 Å². The molecule has 0 spiro atoms. The summed E-state index contributed by atoms with van der Waals surface area (Å²) in [5.41, 5.74) is 0.593. The summed E-state index contributed by atoms with van der Waals surface area (Å²) in [5.74, 6) is -2.45. The van der Waals surface area contributed by atoms with Crippen LogP contribution in [0.5, 0.6) is 17.2 Å². The van der Waals surface area contributed by atoms with E-state index >= 15 is 0 Å². The fourth-order valence-electron chi connectivity index (χ4n) is 3.29. The summed E-state index contributed by atoms with van der Waals surface area (Å²) >= 11 is 0. The Morgan fingerprint density at radius 1 is 1.21 bits per heavy atom. The highest BCUT2D eigenvalue weighted by atomic mass is 16.7. The molecule has 1 aromatic rings. The van der Waals surface area contributed by atoms with E-state index in [0.29, 0.717) is 24.8 Å². The lowest BCUT2D eigenvalue weighted by molar-refractivity contribution is -0.271. The summed E-state index contributed by atoms with van der Waals surface area (Å²) in [5, 5.41) is 49.1. The number of ether oxygens (including phenoxy) is 4. The number of aliphatic hydroxyl groups is 3. The number of aliphatic carboxylic acids is 1. The Balaban J connectivity index is 1.80. The highest BCUT2D eigenvalue weighted by molar-refractivity contribution is 5.73. The first-order valence-corrected chi connectivity index (χ1v) is 8.89. The molecule has 2 aliphatic rings. The number of methoxy groups -OCH3 is 1. The number of rotatable bonds is 6. The number of benzene rings is 1. The second kappa shape index (κ2) is 8.41. The third-order valence-electron chi connectivity index (χ3n) is 4.79. The van der Waals surface area contributed by atoms with Crippen molar-refractivity contribution in [1.29, 1.82) is 0 Å². The fraction of sp³-hybridized carbons (Fsp3) is 0.556. The zero-order chi connectivity index (χ0) is 21.3. The molecule has 11 nitrogen and oxygen atoms in total. The molecule has 29 heavy (non-hydrogen) atoms. The van der Waals surface area contributed by atoms with Crippen LogP contribution in [0.25, 0.3) is 0 Å². The van der Waals surface area contributed by atoms with Crippen LogP contribution in [0.15, 0.2) is 12.1 Å². The molecule has 0 radical (unpaired) electrons. The van der Waals surface area contributed by atoms with Gasteiger partial charge in [-0.15, -0.1) is 0 Å². The summed E-state index contributed by atoms with van der Waals surface area (Å²) in [7, 11) is 1.30. The van der Waals surface area contributed by atoms with Gasteiger partial charge in [0, 0.05) is 12.8 Å². The van der Waals surface area contributed by atoms with Crippen molar-refractivity contribution in [1.82, 2.24) is 0 Å². The monoisotopic (exact) mass is 414 g/mol. The zero-order valence-corrected chi connectivity index (χ0v) is 15.4. The van der Waals surface area contributed by atoms with Gasteiger partial charge in [0.25, 0.3) is 0 Å². The molecule has 11 heteroatoms. The van der Waals surface area contributed by atoms with Crippen molar-refractivity contribution in [3.8, 4) is 17.2 Å². The number of hydrogen-bond acceptors (Lipinski definition) is 10. The number of carboxylic acid groups (broad SMARTS) is 1. The van der Waals surface area contributed by atoms with E-state index in [1.54, 1.807) is 0 Å². The molecule has 1 unspecified atom stereocenters. The number of phenols is 1. The average molecular weight is 414 g/mol. The number of phenolic OH excluding ortho intramolecular Hbond substituents is 1. The Morgan fingerprint density at radius 3 is 2.52 bits per heavy atom. The third-order valence-corrected chi connectivity index (χ3v) is 4.79. The van der Waals surface area contributed by atoms with Gasteiger partial charge in [-0.1, -0.05) is 0 Å². The summed E-state index contributed by atoms with van der Waals surface area (Å²) in [6, 6.07) is 2.87. The smallest absolute Gasteiger partial charge is 0.335 e. The summed E-state index contributed by atoms with van der Waals surface area (Å²) < 4.78 is 20.8. The van der Waals surface area contributed by atoms with Gasteiger partial charge in [-0.25, -0.2) is 4.79 Å². The maximum Gasteiger partial charge on any atom is 0.335 e. The summed E-state index contributed by atoms with van der Waals surface area (Å²) in [6.07, 6.45) is -8.15. The highest BCUT2D eigenvalue weighted by Gasteiger charge is 2.48. The molecule has 1 aromatic carbocycles. The number of carboxylic acids is 1. The van der Waals surface area contributed by atoms with Crippen molar-refractivity contribution in [2.75, 3.05) is 7.11 Å². The second-order valence-electron chi connectivity index (χ2n) is 6.85. The Morgan fingerprint density at radius 2 is 1.93 bits per heavy atom. The SMILES string of the molecule is COc1cc(CC2CCC(=O)O2)cc(O)c1O[C@H]1O[C@@H](C(=O)O)[C@H](O)[C@@H](O)[C@@H]1O. The molecule has 160 valence electrons. The maximum atomic E-state index is 11.2. The van der Waals surface area contributed by atoms with Crippen LogP contribution in [0.4, 0.5) is 0 Å². The molecule has 2 aliphatic heterocycles. The van der Waals surface area contributed by atoms with Crippen molar-refractivity contribution in [3.05, 3.63) is 17.7 Å². The molecular weight excluding hydrogens is 392 g/mol. The average Bonchev–Trinajstić information content (AvgIpc) is 3.07. The Hall–Kier alpha value is -2.60. The quantitative estimate of drug-likeness (QED) is 0.358. The fourth-order valence-corrected chi connectivity index (χ4v) is 3.29. The van der Waals surface area contributed by atoms with Crippen molar-refractivity contribution < 1.29 is 54.1 Å². The number of cyclic esters (lactones) is 1. The van der Waals surface area contributed by atoms with Crippen molar-refractivity contribution >= 4 is 11.9 Å². The van der Waals surface area contributed by atoms with Crippen LogP contribution in [0.1, 0.15) is 18.4 Å². The molecule has 6 atom stereocenters. The maximum absolute atomic E-state index is 11.2. The first-order chi connectivity index (χ1) is 13.7. The minimum Gasteiger partial charge on any atom is -0.504 e. The molecule has 5 N–H and O–H groups in total. The van der Waals surface area contributed by atoms with E-state index in [2.05, 4.69) is 0 Å². The minimum atomic E-state index is -1.87. The van der Waals surface area contributed by atoms with E-state index in [-0.39, 0.29) is 23.6 Å². The van der Waals surface area contributed by atoms with Crippen LogP contribution in [0.3, 0.4) is 0 Å². The van der Waals surface area contributed by atoms with E-state index in [4.69, 9.17) is 24.1 Å². The lowest BCUT2D eigenvalue weighted by atomic mass is 9.99. The van der Waals surface area contributed by atoms with Crippen LogP contribution in [-0.4, -0.2) is 81.4 Å². The predicted molar refractivity (Wildman–Crippen MR) is 92.4 cm³/mol. The second-order valence-corrected chi connectivity index (χ2v) is 6.85. The normalized spacial score (nSPS) is 31.9. The van der Waals surface area contributed by atoms with Crippen LogP contribution < -0.4 is 9.47 Å². The molecule has 3 rings (SSSR count). The Kier molecular flexibility index (Phi) is 6.13. The van der Waals surface area contributed by atoms with Gasteiger partial charge in [-0.3, -0.25) is 4.79 Å². The number of carbonyl (C=O) groups is 2. The lowest BCUT2D eigenvalue weighted by Crippen LogP contribution is -2.61. The van der Waals surface area contributed by atoms with Gasteiger partial charge in [0.1, 0.15) is 24.4 Å². The van der Waals surface area contributed by atoms with E-state index in [0.717, 1.165) is 0 Å². The molecule has 2 saturated heterocycles. The molecule has 0 amide bonds. The van der Waals surface area contributed by atoms with E-state index < -0.39 is 42.4 Å². The van der Waals surface area contributed by atoms with Gasteiger partial charge in [0.15, 0.2) is 17.6 Å². The van der Waals surface area contributed by atoms with Crippen LogP contribution >= 0.6 is 0 Å². The highest BCUT2D eigenvalue weighted by Crippen LogP contribution is 2.40. The van der Waals surface area contributed by atoms with Crippen molar-refractivity contribution in [2.45, 2.75) is 56.1 Å². The lowest BCUT2D eigenvalue weighted by Gasteiger charge is -2.38. The van der Waals surface area contributed by atoms with E-state index in [9.17, 15) is 30.0 Å². The first-order valence-electron chi connectivity index (χ1n) is 8.89.